The second-order valence-corrected chi connectivity index (χ2v) is 12.6. The monoisotopic (exact) mass is 589 g/mol. The third kappa shape index (κ3) is 6.92. The Labute approximate surface area is 245 Å². The minimum absolute atomic E-state index is 0.0159. The summed E-state index contributed by atoms with van der Waals surface area (Å²) in [6.45, 7) is 10.8. The van der Waals surface area contributed by atoms with Crippen LogP contribution in [0, 0.1) is 11.3 Å². The van der Waals surface area contributed by atoms with Gasteiger partial charge in [-0.25, -0.2) is 0 Å². The number of halogens is 3. The van der Waals surface area contributed by atoms with E-state index >= 15 is 0 Å². The molecule has 1 aliphatic rings. The number of fused-ring (bicyclic) bond motifs is 1. The molecule has 1 aromatic carbocycles. The number of aryl methyl sites for hydroxylation is 2. The first-order valence-corrected chi connectivity index (χ1v) is 14.5. The molecule has 0 saturated heterocycles. The molecule has 230 valence electrons. The fourth-order valence-electron chi connectivity index (χ4n) is 5.51. The van der Waals surface area contributed by atoms with Gasteiger partial charge >= 0.3 is 12.1 Å². The van der Waals surface area contributed by atoms with Crippen molar-refractivity contribution in [2.24, 2.45) is 22.8 Å². The van der Waals surface area contributed by atoms with E-state index in [2.05, 4.69) is 0 Å². The molecule has 10 heteroatoms. The maximum Gasteiger partial charge on any atom is 0.398 e. The average molecular weight is 590 g/mol. The largest absolute Gasteiger partial charge is 0.489 e. The summed E-state index contributed by atoms with van der Waals surface area (Å²) in [4.78, 5) is 17.8. The Kier molecular flexibility index (Phi) is 9.00. The molecule has 0 spiro atoms. The van der Waals surface area contributed by atoms with Crippen molar-refractivity contribution in [3.63, 3.8) is 0 Å². The molecule has 42 heavy (non-hydrogen) atoms. The quantitative estimate of drug-likeness (QED) is 0.252. The number of nitrogens with two attached hydrogens (primary N) is 2. The highest BCUT2D eigenvalue weighted by atomic mass is 19.4. The second kappa shape index (κ2) is 11.9. The summed E-state index contributed by atoms with van der Waals surface area (Å²) in [6.07, 6.45) is -5.32. The van der Waals surface area contributed by atoms with E-state index in [-0.39, 0.29) is 18.6 Å². The number of furan rings is 1. The number of aromatic nitrogens is 1. The van der Waals surface area contributed by atoms with Crippen LogP contribution < -0.4 is 16.2 Å². The lowest BCUT2D eigenvalue weighted by molar-refractivity contribution is -0.218. The van der Waals surface area contributed by atoms with Gasteiger partial charge in [0.2, 0.25) is 0 Å². The molecule has 0 radical (unpaired) electrons. The molecule has 0 bridgehead atoms. The Morgan fingerprint density at radius 2 is 1.74 bits per heavy atom. The summed E-state index contributed by atoms with van der Waals surface area (Å²) < 4.78 is 60.5. The van der Waals surface area contributed by atoms with Gasteiger partial charge in [0, 0.05) is 34.3 Å². The third-order valence-electron chi connectivity index (χ3n) is 8.15. The first-order chi connectivity index (χ1) is 19.5. The van der Waals surface area contributed by atoms with Crippen molar-refractivity contribution in [3.05, 3.63) is 47.8 Å². The van der Waals surface area contributed by atoms with Gasteiger partial charge in [0.25, 0.3) is 0 Å². The molecule has 1 aliphatic carbocycles. The van der Waals surface area contributed by atoms with Gasteiger partial charge in [-0.05, 0) is 90.1 Å². The number of benzene rings is 1. The molecule has 2 heterocycles. The van der Waals surface area contributed by atoms with Crippen LogP contribution in [0.2, 0.25) is 0 Å². The fourth-order valence-corrected chi connectivity index (χ4v) is 5.51. The van der Waals surface area contributed by atoms with Gasteiger partial charge in [0.15, 0.2) is 0 Å². The van der Waals surface area contributed by atoms with Crippen LogP contribution in [0.1, 0.15) is 72.2 Å². The fraction of sp³-hybridized carbons (Fsp3) is 0.562. The Hall–Kier alpha value is -3.11. The van der Waals surface area contributed by atoms with Gasteiger partial charge in [-0.15, -0.1) is 0 Å². The van der Waals surface area contributed by atoms with Crippen molar-refractivity contribution in [2.75, 3.05) is 0 Å². The van der Waals surface area contributed by atoms with E-state index in [0.29, 0.717) is 17.8 Å². The predicted molar refractivity (Wildman–Crippen MR) is 156 cm³/mol. The van der Waals surface area contributed by atoms with Crippen LogP contribution in [0.5, 0.6) is 5.75 Å². The Morgan fingerprint density at radius 3 is 2.36 bits per heavy atom. The number of nitrogens with zero attached hydrogens (tertiary/aromatic N) is 1. The van der Waals surface area contributed by atoms with Crippen LogP contribution >= 0.6 is 0 Å². The summed E-state index contributed by atoms with van der Waals surface area (Å²) in [6, 6.07) is 10.1. The van der Waals surface area contributed by atoms with Crippen molar-refractivity contribution in [1.82, 2.24) is 4.98 Å². The molecule has 4 unspecified atom stereocenters. The first kappa shape index (κ1) is 31.8. The lowest BCUT2D eigenvalue weighted by Gasteiger charge is -2.35. The number of rotatable bonds is 10. The highest BCUT2D eigenvalue weighted by Gasteiger charge is 2.56. The molecule has 4 atom stereocenters. The molecular formula is C32H42F3N3O4. The van der Waals surface area contributed by atoms with E-state index in [0.717, 1.165) is 35.2 Å². The second-order valence-electron chi connectivity index (χ2n) is 12.6. The summed E-state index contributed by atoms with van der Waals surface area (Å²) in [7, 11) is 0. The van der Waals surface area contributed by atoms with Crippen LogP contribution in [-0.4, -0.2) is 40.9 Å². The number of ether oxygens (including phenoxy) is 2. The van der Waals surface area contributed by atoms with Crippen LogP contribution in [0.15, 0.2) is 40.8 Å². The number of carbonyl (C=O) groups is 1. The Bertz CT molecular complexity index is 1410. The van der Waals surface area contributed by atoms with Crippen LogP contribution in [0.3, 0.4) is 0 Å². The SMILES string of the molecule is CCc1ccc(-c2cc3ccc(OC4CCC(OC(=O)C(C)(C)C(N)CC(C)(C)N)C4C(F)(F)F)cc3o2)c(CC)n1. The minimum atomic E-state index is -4.65. The lowest BCUT2D eigenvalue weighted by atomic mass is 9.79. The van der Waals surface area contributed by atoms with E-state index < -0.39 is 47.3 Å². The van der Waals surface area contributed by atoms with E-state index in [1.165, 1.54) is 0 Å². The molecule has 2 aromatic heterocycles. The van der Waals surface area contributed by atoms with Gasteiger partial charge in [-0.3, -0.25) is 9.78 Å². The number of pyridine rings is 1. The number of alkyl halides is 3. The van der Waals surface area contributed by atoms with Crippen LogP contribution in [-0.2, 0) is 22.4 Å². The van der Waals surface area contributed by atoms with Gasteiger partial charge in [-0.2, -0.15) is 13.2 Å². The van der Waals surface area contributed by atoms with Gasteiger partial charge in [0.05, 0.1) is 11.1 Å². The highest BCUT2D eigenvalue weighted by molar-refractivity contribution is 5.84. The van der Waals surface area contributed by atoms with Crippen LogP contribution in [0.25, 0.3) is 22.3 Å². The van der Waals surface area contributed by atoms with Crippen molar-refractivity contribution in [3.8, 4) is 17.1 Å². The third-order valence-corrected chi connectivity index (χ3v) is 8.15. The molecule has 7 nitrogen and oxygen atoms in total. The van der Waals surface area contributed by atoms with E-state index in [9.17, 15) is 18.0 Å². The van der Waals surface area contributed by atoms with Crippen molar-refractivity contribution >= 4 is 16.9 Å². The van der Waals surface area contributed by atoms with Crippen LogP contribution in [0.4, 0.5) is 13.2 Å². The van der Waals surface area contributed by atoms with Gasteiger partial charge in [0.1, 0.15) is 35.2 Å². The topological polar surface area (TPSA) is 114 Å². The standard InChI is InChI=1S/C32H42F3N3O4/c1-7-19-10-12-21(22(8-2)38-19)26-15-18-9-11-20(16-25(18)41-26)40-23-13-14-24(28(23)32(33,34)35)42-29(39)31(5,6)27(36)17-30(3,4)37/h9-12,15-16,23-24,27-28H,7-8,13-14,17,36-37H2,1-6H3. The number of hydrogen-bond donors (Lipinski definition) is 2. The molecule has 0 amide bonds. The molecule has 4 N–H and O–H groups in total. The average Bonchev–Trinajstić information content (AvgIpc) is 3.50. The summed E-state index contributed by atoms with van der Waals surface area (Å²) in [5.74, 6) is -1.89. The minimum Gasteiger partial charge on any atom is -0.489 e. The zero-order valence-electron chi connectivity index (χ0n) is 25.2. The summed E-state index contributed by atoms with van der Waals surface area (Å²) in [5.41, 5.74) is 13.7. The Balaban J connectivity index is 1.52. The van der Waals surface area contributed by atoms with Gasteiger partial charge in [-0.1, -0.05) is 13.8 Å². The highest BCUT2D eigenvalue weighted by Crippen LogP contribution is 2.44. The number of carbonyl (C=O) groups excluding carboxylic acids is 1. The van der Waals surface area contributed by atoms with Gasteiger partial charge < -0.3 is 25.4 Å². The van der Waals surface area contributed by atoms with Crippen molar-refractivity contribution < 1.29 is 31.9 Å². The first-order valence-electron chi connectivity index (χ1n) is 14.5. The lowest BCUT2D eigenvalue weighted by Crippen LogP contribution is -2.51. The number of hydrogen-bond acceptors (Lipinski definition) is 7. The molecule has 1 fully saturated rings. The van der Waals surface area contributed by atoms with Crippen molar-refractivity contribution in [2.45, 2.75) is 104 Å². The smallest absolute Gasteiger partial charge is 0.398 e. The van der Waals surface area contributed by atoms with E-state index in [4.69, 9.17) is 30.3 Å². The zero-order valence-corrected chi connectivity index (χ0v) is 25.2. The molecule has 1 saturated carbocycles. The molecule has 4 rings (SSSR count). The zero-order chi connectivity index (χ0) is 31.0. The number of esters is 1. The molecule has 3 aromatic rings. The van der Waals surface area contributed by atoms with E-state index in [1.54, 1.807) is 45.9 Å². The Morgan fingerprint density at radius 1 is 1.05 bits per heavy atom. The van der Waals surface area contributed by atoms with E-state index in [1.807, 2.05) is 32.0 Å². The maximum absolute atomic E-state index is 14.3. The molecular weight excluding hydrogens is 547 g/mol. The maximum atomic E-state index is 14.3. The van der Waals surface area contributed by atoms with Crippen molar-refractivity contribution in [1.29, 1.82) is 0 Å². The normalized spacial score (nSPS) is 20.6. The summed E-state index contributed by atoms with van der Waals surface area (Å²) >= 11 is 0. The summed E-state index contributed by atoms with van der Waals surface area (Å²) in [5, 5.41) is 0.795. The molecule has 0 aliphatic heterocycles. The predicted octanol–water partition coefficient (Wildman–Crippen LogP) is 6.73.